The number of benzene rings is 1. The van der Waals surface area contributed by atoms with Crippen molar-refractivity contribution in [2.75, 3.05) is 6.26 Å². The number of aromatic nitrogens is 6. The number of carbonyl (C=O) groups excluding carboxylic acids is 2. The molecule has 0 aliphatic heterocycles. The van der Waals surface area contributed by atoms with Gasteiger partial charge in [-0.05, 0) is 84.3 Å². The van der Waals surface area contributed by atoms with Crippen molar-refractivity contribution in [3.05, 3.63) is 114 Å². The van der Waals surface area contributed by atoms with E-state index >= 15 is 0 Å². The fourth-order valence-electron chi connectivity index (χ4n) is 5.48. The number of halogens is 3. The first-order chi connectivity index (χ1) is 27.5. The summed E-state index contributed by atoms with van der Waals surface area (Å²) in [5.74, 6) is 1.14. The van der Waals surface area contributed by atoms with E-state index in [-0.39, 0.29) is 25.2 Å². The molecule has 0 unspecified atom stereocenters. The van der Waals surface area contributed by atoms with Crippen LogP contribution in [-0.2, 0) is 41.7 Å². The molecule has 6 heterocycles. The Bertz CT molecular complexity index is 2530. The first kappa shape index (κ1) is 45.2. The van der Waals surface area contributed by atoms with Crippen LogP contribution in [0.5, 0.6) is 11.5 Å². The minimum atomic E-state index is -4.50. The molecule has 7 rings (SSSR count). The normalized spacial score (nSPS) is 10.6. The Kier molecular flexibility index (Phi) is 16.6. The van der Waals surface area contributed by atoms with Gasteiger partial charge in [-0.15, -0.1) is 23.1 Å². The second-order valence-electron chi connectivity index (χ2n) is 12.2. The number of fused-ring (bicyclic) bond motifs is 1. The fraction of sp³-hybridized carbons (Fsp3) is 0.150. The predicted octanol–water partition coefficient (Wildman–Crippen LogP) is 9.85. The molecule has 0 amide bonds. The van der Waals surface area contributed by atoms with Crippen LogP contribution in [0.3, 0.4) is 0 Å². The summed E-state index contributed by atoms with van der Waals surface area (Å²) in [4.78, 5) is 40.6. The van der Waals surface area contributed by atoms with Crippen molar-refractivity contribution in [2.24, 2.45) is 5.92 Å². The number of hydrogen-bond donors (Lipinski definition) is 0. The molecule has 0 N–H and O–H groups in total. The van der Waals surface area contributed by atoms with E-state index in [1.807, 2.05) is 36.6 Å². The van der Waals surface area contributed by atoms with Crippen LogP contribution in [0.15, 0.2) is 102 Å². The van der Waals surface area contributed by atoms with E-state index in [9.17, 15) is 22.8 Å². The number of rotatable bonds is 11. The third-order valence-corrected chi connectivity index (χ3v) is 9.98. The van der Waals surface area contributed by atoms with Gasteiger partial charge in [-0.25, -0.2) is 4.98 Å². The molecule has 0 fully saturated rings. The predicted molar refractivity (Wildman–Crippen MR) is 217 cm³/mol. The molecule has 6 aromatic heterocycles. The molecule has 0 radical (unpaired) electrons. The smallest absolute Gasteiger partial charge is 0.753 e. The second-order valence-corrected chi connectivity index (χ2v) is 14.5. The second kappa shape index (κ2) is 21.3. The number of alkyl halides is 3. The van der Waals surface area contributed by atoms with Crippen molar-refractivity contribution in [3.8, 4) is 56.0 Å². The first-order valence-corrected chi connectivity index (χ1v) is 19.2. The SMILES string of the molecule is CC(C)Cc1cc(-c2cc(OC=O)cc(-c3cc(OC=O)ccn3)n2)c2ncccc2c1.CSc1ccc(-c2ccnc(-c3cc(C(F)(F)F)n[n-]3)c2)s1.[N-]=C=S.[Ru+2]. The van der Waals surface area contributed by atoms with E-state index in [1.165, 1.54) is 21.1 Å². The number of isothiocyanates is 1. The number of carbonyl (C=O) groups is 2. The van der Waals surface area contributed by atoms with Crippen LogP contribution in [0.4, 0.5) is 13.2 Å². The van der Waals surface area contributed by atoms with Gasteiger partial charge in [0.05, 0.1) is 32.5 Å². The molecule has 296 valence electrons. The van der Waals surface area contributed by atoms with Crippen molar-refractivity contribution in [1.82, 2.24) is 30.1 Å². The van der Waals surface area contributed by atoms with Crippen molar-refractivity contribution in [1.29, 1.82) is 0 Å². The van der Waals surface area contributed by atoms with Gasteiger partial charge in [-0.2, -0.15) is 18.3 Å². The molecule has 0 saturated carbocycles. The van der Waals surface area contributed by atoms with Crippen LogP contribution in [0.25, 0.3) is 60.8 Å². The molecule has 11 nitrogen and oxygen atoms in total. The van der Waals surface area contributed by atoms with E-state index in [4.69, 9.17) is 19.9 Å². The zero-order valence-electron chi connectivity index (χ0n) is 30.7. The maximum atomic E-state index is 12.6. The van der Waals surface area contributed by atoms with Crippen molar-refractivity contribution in [2.45, 2.75) is 30.7 Å². The number of hydrogen-bond acceptors (Lipinski definition) is 12. The number of ether oxygens (including phenoxy) is 2. The Morgan fingerprint density at radius 3 is 2.24 bits per heavy atom. The van der Waals surface area contributed by atoms with Gasteiger partial charge in [0, 0.05) is 52.6 Å². The summed E-state index contributed by atoms with van der Waals surface area (Å²) in [6.45, 7) is 5.06. The standard InChI is InChI=1S/C25H21N3O4.C14H9F3N3S2.CNS.Ru/c1-16(2)8-17-9-18-4-3-6-27-25(18)21(10-17)22-12-20(32-15-30)13-24(28-22)23-11-19(31-14-29)5-7-26-23;1-21-13-3-2-11(22-13)8-4-5-18-9(6-8)10-7-12(20-19-10)14(15,16)17;2-1-3;/h3-7,9-16H,8H2,1-2H3;2-7H,1H3;;/q;2*-1;+2. The van der Waals surface area contributed by atoms with Gasteiger partial charge in [-0.3, -0.25) is 24.5 Å². The molecule has 7 aromatic rings. The van der Waals surface area contributed by atoms with Crippen LogP contribution in [0.2, 0.25) is 0 Å². The first-order valence-electron chi connectivity index (χ1n) is 16.7. The summed E-state index contributed by atoms with van der Waals surface area (Å²) in [7, 11) is 0. The maximum absolute atomic E-state index is 12.6. The maximum Gasteiger partial charge on any atom is 2.00 e. The van der Waals surface area contributed by atoms with Gasteiger partial charge in [0.2, 0.25) is 0 Å². The largest absolute Gasteiger partial charge is 2.00 e. The molecule has 0 atom stereocenters. The molecular formula is C40H30F3N7O4RuS3. The van der Waals surface area contributed by atoms with Gasteiger partial charge in [0.25, 0.3) is 12.9 Å². The topological polar surface area (TPSA) is 153 Å². The summed E-state index contributed by atoms with van der Waals surface area (Å²) in [5, 5.41) is 16.2. The van der Waals surface area contributed by atoms with Crippen molar-refractivity contribution >= 4 is 64.3 Å². The molecule has 0 bridgehead atoms. The number of thioether (sulfide) groups is 1. The van der Waals surface area contributed by atoms with Crippen molar-refractivity contribution in [3.63, 3.8) is 0 Å². The summed E-state index contributed by atoms with van der Waals surface area (Å²) in [6, 6.07) is 23.0. The quantitative estimate of drug-likeness (QED) is 0.0399. The van der Waals surface area contributed by atoms with Crippen LogP contribution >= 0.6 is 35.3 Å². The number of nitrogens with zero attached hydrogens (tertiary/aromatic N) is 7. The van der Waals surface area contributed by atoms with Gasteiger partial charge < -0.3 is 25.1 Å². The van der Waals surface area contributed by atoms with E-state index in [0.29, 0.717) is 53.1 Å². The molecule has 1 aromatic carbocycles. The van der Waals surface area contributed by atoms with Gasteiger partial charge in [0.15, 0.2) is 0 Å². The van der Waals surface area contributed by atoms with Gasteiger partial charge in [-0.1, -0.05) is 37.8 Å². The van der Waals surface area contributed by atoms with Gasteiger partial charge >= 0.3 is 25.7 Å². The van der Waals surface area contributed by atoms with Crippen LogP contribution in [0, 0.1) is 5.92 Å². The Labute approximate surface area is 357 Å². The van der Waals surface area contributed by atoms with Crippen LogP contribution in [-0.4, -0.2) is 49.4 Å². The molecule has 0 spiro atoms. The summed E-state index contributed by atoms with van der Waals surface area (Å²) in [6.07, 6.45) is 3.22. The Morgan fingerprint density at radius 2 is 1.57 bits per heavy atom. The zero-order valence-corrected chi connectivity index (χ0v) is 34.8. The van der Waals surface area contributed by atoms with E-state index in [2.05, 4.69) is 63.3 Å². The number of thiophene rings is 1. The molecule has 0 aliphatic carbocycles. The Balaban J connectivity index is 0.000000250. The van der Waals surface area contributed by atoms with Crippen molar-refractivity contribution < 1.29 is 51.7 Å². The monoisotopic (exact) mass is 927 g/mol. The molecule has 58 heavy (non-hydrogen) atoms. The summed E-state index contributed by atoms with van der Waals surface area (Å²) >= 11 is 6.96. The summed E-state index contributed by atoms with van der Waals surface area (Å²) in [5.41, 5.74) is 4.71. The molecule has 0 aliphatic rings. The Morgan fingerprint density at radius 1 is 0.879 bits per heavy atom. The molecular weight excluding hydrogens is 897 g/mol. The molecule has 0 saturated heterocycles. The zero-order chi connectivity index (χ0) is 41.0. The third-order valence-electron chi connectivity index (χ3n) is 7.76. The van der Waals surface area contributed by atoms with E-state index in [0.717, 1.165) is 39.4 Å². The summed E-state index contributed by atoms with van der Waals surface area (Å²) < 4.78 is 49.0. The average molecular weight is 927 g/mol. The molecule has 18 heteroatoms. The van der Waals surface area contributed by atoms with Gasteiger partial charge in [0.1, 0.15) is 17.2 Å². The van der Waals surface area contributed by atoms with Crippen LogP contribution in [0.1, 0.15) is 25.1 Å². The Hall–Kier alpha value is -5.51. The van der Waals surface area contributed by atoms with E-state index < -0.39 is 11.9 Å². The fourth-order valence-corrected chi connectivity index (χ4v) is 7.03. The van der Waals surface area contributed by atoms with E-state index in [1.54, 1.807) is 65.8 Å². The average Bonchev–Trinajstić information content (AvgIpc) is 3.90. The third kappa shape index (κ3) is 12.0. The van der Waals surface area contributed by atoms with Crippen LogP contribution < -0.4 is 14.6 Å². The minimum Gasteiger partial charge on any atom is -0.753 e. The number of pyridine rings is 4. The number of thiocarbonyl (C=S) groups is 1. The minimum absolute atomic E-state index is 0.